The zero-order valence-corrected chi connectivity index (χ0v) is 11.5. The molecule has 0 radical (unpaired) electrons. The minimum absolute atomic E-state index is 0.0362. The van der Waals surface area contributed by atoms with Crippen molar-refractivity contribution in [3.8, 4) is 0 Å². The lowest BCUT2D eigenvalue weighted by molar-refractivity contribution is 0.230. The maximum Gasteiger partial charge on any atom is 0.125 e. The molecule has 19 heavy (non-hydrogen) atoms. The summed E-state index contributed by atoms with van der Waals surface area (Å²) in [4.78, 5) is 4.33. The van der Waals surface area contributed by atoms with E-state index in [1.807, 2.05) is 36.0 Å². The average molecular weight is 259 g/mol. The van der Waals surface area contributed by atoms with E-state index in [0.717, 1.165) is 12.2 Å². The number of benzene rings is 1. The Morgan fingerprint density at radius 3 is 2.63 bits per heavy atom. The third kappa shape index (κ3) is 3.66. The maximum absolute atomic E-state index is 9.51. The van der Waals surface area contributed by atoms with Crippen molar-refractivity contribution in [2.45, 2.75) is 25.4 Å². The van der Waals surface area contributed by atoms with Gasteiger partial charge in [-0.15, -0.1) is 0 Å². The Kier molecular flexibility index (Phi) is 4.71. The van der Waals surface area contributed by atoms with Gasteiger partial charge in [0, 0.05) is 25.5 Å². The van der Waals surface area contributed by atoms with E-state index in [1.165, 1.54) is 5.56 Å². The van der Waals surface area contributed by atoms with Crippen molar-refractivity contribution in [2.75, 3.05) is 6.61 Å². The van der Waals surface area contributed by atoms with Crippen LogP contribution in [-0.4, -0.2) is 27.3 Å². The number of hydrogen-bond acceptors (Lipinski definition) is 3. The zero-order valence-electron chi connectivity index (χ0n) is 11.5. The molecule has 0 spiro atoms. The Morgan fingerprint density at radius 2 is 2.05 bits per heavy atom. The summed E-state index contributed by atoms with van der Waals surface area (Å²) < 4.78 is 1.99. The van der Waals surface area contributed by atoms with Gasteiger partial charge in [0.05, 0.1) is 12.6 Å². The number of rotatable bonds is 6. The van der Waals surface area contributed by atoms with Crippen molar-refractivity contribution in [1.29, 1.82) is 0 Å². The van der Waals surface area contributed by atoms with Crippen LogP contribution in [0.15, 0.2) is 42.7 Å². The van der Waals surface area contributed by atoms with Gasteiger partial charge in [-0.3, -0.25) is 0 Å². The third-order valence-electron chi connectivity index (χ3n) is 3.28. The van der Waals surface area contributed by atoms with E-state index in [-0.39, 0.29) is 18.7 Å². The van der Waals surface area contributed by atoms with E-state index in [9.17, 15) is 5.11 Å². The summed E-state index contributed by atoms with van der Waals surface area (Å²) in [7, 11) is 1.98. The minimum Gasteiger partial charge on any atom is -0.395 e. The highest BCUT2D eigenvalue weighted by atomic mass is 16.3. The van der Waals surface area contributed by atoms with Crippen LogP contribution in [0, 0.1) is 0 Å². The molecule has 2 rings (SSSR count). The number of nitrogens with one attached hydrogen (secondary N) is 1. The topological polar surface area (TPSA) is 50.1 Å². The molecule has 4 nitrogen and oxygen atoms in total. The van der Waals surface area contributed by atoms with Crippen LogP contribution in [0.3, 0.4) is 0 Å². The Labute approximate surface area is 114 Å². The van der Waals surface area contributed by atoms with Crippen molar-refractivity contribution >= 4 is 0 Å². The average Bonchev–Trinajstić information content (AvgIpc) is 2.85. The number of aryl methyl sites for hydroxylation is 1. The highest BCUT2D eigenvalue weighted by Crippen LogP contribution is 2.11. The molecule has 2 N–H and O–H groups in total. The summed E-state index contributed by atoms with van der Waals surface area (Å²) in [5.41, 5.74) is 1.22. The summed E-state index contributed by atoms with van der Waals surface area (Å²) in [6.45, 7) is 2.18. The predicted octanol–water partition coefficient (Wildman–Crippen LogP) is 1.67. The van der Waals surface area contributed by atoms with Gasteiger partial charge in [-0.2, -0.15) is 0 Å². The second kappa shape index (κ2) is 6.50. The van der Waals surface area contributed by atoms with Crippen LogP contribution >= 0.6 is 0 Å². The van der Waals surface area contributed by atoms with Crippen molar-refractivity contribution in [2.24, 2.45) is 7.05 Å². The molecule has 1 aromatic carbocycles. The summed E-state index contributed by atoms with van der Waals surface area (Å²) in [5, 5.41) is 12.9. The SMILES string of the molecule is CC(N[C@@H](CO)Cc1ccccc1)c1nccn1C. The molecular formula is C15H21N3O. The van der Waals surface area contributed by atoms with Gasteiger partial charge in [0.1, 0.15) is 5.82 Å². The summed E-state index contributed by atoms with van der Waals surface area (Å²) in [6, 6.07) is 10.3. The molecule has 0 saturated heterocycles. The Hall–Kier alpha value is -1.65. The molecular weight excluding hydrogens is 238 g/mol. The molecule has 4 heteroatoms. The monoisotopic (exact) mass is 259 g/mol. The lowest BCUT2D eigenvalue weighted by atomic mass is 10.1. The standard InChI is InChI=1S/C15H21N3O/c1-12(15-16-8-9-18(15)2)17-14(11-19)10-13-6-4-3-5-7-13/h3-9,12,14,17,19H,10-11H2,1-2H3/t12?,14-/m1/s1. The molecule has 0 saturated carbocycles. The van der Waals surface area contributed by atoms with Crippen molar-refractivity contribution in [3.05, 3.63) is 54.1 Å². The molecule has 0 aliphatic heterocycles. The highest BCUT2D eigenvalue weighted by Gasteiger charge is 2.15. The van der Waals surface area contributed by atoms with E-state index < -0.39 is 0 Å². The Morgan fingerprint density at radius 1 is 1.32 bits per heavy atom. The van der Waals surface area contributed by atoms with Crippen LogP contribution in [0.5, 0.6) is 0 Å². The first-order chi connectivity index (χ1) is 9.20. The summed E-state index contributed by atoms with van der Waals surface area (Å²) in [5.74, 6) is 0.978. The second-order valence-corrected chi connectivity index (χ2v) is 4.85. The van der Waals surface area contributed by atoms with Crippen molar-refractivity contribution < 1.29 is 5.11 Å². The molecule has 0 aliphatic carbocycles. The molecule has 0 bridgehead atoms. The molecule has 2 atom stereocenters. The minimum atomic E-state index is 0.0362. The van der Waals surface area contributed by atoms with E-state index in [2.05, 4.69) is 29.4 Å². The number of hydrogen-bond donors (Lipinski definition) is 2. The number of aliphatic hydroxyl groups excluding tert-OH is 1. The van der Waals surface area contributed by atoms with E-state index >= 15 is 0 Å². The second-order valence-electron chi connectivity index (χ2n) is 4.85. The largest absolute Gasteiger partial charge is 0.395 e. The van der Waals surface area contributed by atoms with Gasteiger partial charge >= 0.3 is 0 Å². The highest BCUT2D eigenvalue weighted by molar-refractivity contribution is 5.16. The smallest absolute Gasteiger partial charge is 0.125 e. The van der Waals surface area contributed by atoms with Gasteiger partial charge in [-0.25, -0.2) is 4.98 Å². The fourth-order valence-electron chi connectivity index (χ4n) is 2.30. The van der Waals surface area contributed by atoms with E-state index in [1.54, 1.807) is 6.20 Å². The molecule has 102 valence electrons. The quantitative estimate of drug-likeness (QED) is 0.829. The lowest BCUT2D eigenvalue weighted by Crippen LogP contribution is -2.37. The van der Waals surface area contributed by atoms with Gasteiger partial charge in [-0.05, 0) is 18.9 Å². The molecule has 0 fully saturated rings. The first kappa shape index (κ1) is 13.8. The maximum atomic E-state index is 9.51. The number of imidazole rings is 1. The van der Waals surface area contributed by atoms with Gasteiger partial charge in [0.15, 0.2) is 0 Å². The van der Waals surface area contributed by atoms with Crippen LogP contribution in [0.1, 0.15) is 24.4 Å². The first-order valence-electron chi connectivity index (χ1n) is 6.58. The molecule has 1 aromatic heterocycles. The van der Waals surface area contributed by atoms with Crippen molar-refractivity contribution in [3.63, 3.8) is 0 Å². The van der Waals surface area contributed by atoms with Crippen LogP contribution < -0.4 is 5.32 Å². The number of nitrogens with zero attached hydrogens (tertiary/aromatic N) is 2. The van der Waals surface area contributed by atoms with Crippen LogP contribution in [0.25, 0.3) is 0 Å². The Balaban J connectivity index is 1.98. The fourth-order valence-corrected chi connectivity index (χ4v) is 2.30. The molecule has 2 aromatic rings. The van der Waals surface area contributed by atoms with Crippen LogP contribution in [0.4, 0.5) is 0 Å². The molecule has 1 unspecified atom stereocenters. The number of aliphatic hydroxyl groups is 1. The van der Waals surface area contributed by atoms with Gasteiger partial charge in [0.2, 0.25) is 0 Å². The van der Waals surface area contributed by atoms with Crippen LogP contribution in [-0.2, 0) is 13.5 Å². The van der Waals surface area contributed by atoms with E-state index in [0.29, 0.717) is 0 Å². The van der Waals surface area contributed by atoms with Gasteiger partial charge < -0.3 is 15.0 Å². The van der Waals surface area contributed by atoms with Gasteiger partial charge in [0.25, 0.3) is 0 Å². The third-order valence-corrected chi connectivity index (χ3v) is 3.28. The summed E-state index contributed by atoms with van der Waals surface area (Å²) >= 11 is 0. The zero-order chi connectivity index (χ0) is 13.7. The molecule has 0 aliphatic rings. The van der Waals surface area contributed by atoms with E-state index in [4.69, 9.17) is 0 Å². The first-order valence-corrected chi connectivity index (χ1v) is 6.58. The fraction of sp³-hybridized carbons (Fsp3) is 0.400. The van der Waals surface area contributed by atoms with Gasteiger partial charge in [-0.1, -0.05) is 30.3 Å². The summed E-state index contributed by atoms with van der Waals surface area (Å²) in [6.07, 6.45) is 4.53. The molecule has 1 heterocycles. The lowest BCUT2D eigenvalue weighted by Gasteiger charge is -2.21. The number of aromatic nitrogens is 2. The Bertz CT molecular complexity index is 495. The molecule has 0 amide bonds. The normalized spacial score (nSPS) is 14.3. The van der Waals surface area contributed by atoms with Crippen LogP contribution in [0.2, 0.25) is 0 Å². The predicted molar refractivity (Wildman–Crippen MR) is 75.8 cm³/mol. The van der Waals surface area contributed by atoms with Crippen molar-refractivity contribution in [1.82, 2.24) is 14.9 Å².